The zero-order chi connectivity index (χ0) is 91.2. The van der Waals surface area contributed by atoms with Crippen LogP contribution in [0.1, 0.15) is 687 Å². The van der Waals surface area contributed by atoms with Crippen LogP contribution < -0.4 is 0 Å². The van der Waals surface area contributed by atoms with Crippen molar-refractivity contribution in [3.05, 3.63) is 0 Å². The molecule has 0 N–H and O–H groups in total. The molecule has 776 valence electrons. The Balaban J connectivity index is 0.000000108. The van der Waals surface area contributed by atoms with Gasteiger partial charge in [0.25, 0.3) is 0 Å². The van der Waals surface area contributed by atoms with Crippen molar-refractivity contribution in [2.24, 2.45) is 159 Å². The minimum Gasteiger partial charge on any atom is -0.0533 e. The second-order valence-electron chi connectivity index (χ2n) is 56.1. The summed E-state index contributed by atoms with van der Waals surface area (Å²) in [6, 6.07) is 0. The summed E-state index contributed by atoms with van der Waals surface area (Å²) < 4.78 is 0. The maximum Gasteiger partial charge on any atom is -0.0297 e. The van der Waals surface area contributed by atoms with Crippen molar-refractivity contribution in [3.63, 3.8) is 0 Å². The van der Waals surface area contributed by atoms with Crippen LogP contribution in [0, 0.1) is 159 Å². The molecule has 38 rings (SSSR count). The average molecular weight is 1850 g/mol. The zero-order valence-electron chi connectivity index (χ0n) is 91.2. The van der Waals surface area contributed by atoms with E-state index in [0.29, 0.717) is 0 Å². The summed E-state index contributed by atoms with van der Waals surface area (Å²) in [5.41, 5.74) is 0.858. The molecule has 6 unspecified atom stereocenters. The Morgan fingerprint density at radius 3 is 0.328 bits per heavy atom. The highest BCUT2D eigenvalue weighted by Crippen LogP contribution is 2.58. The highest BCUT2D eigenvalue weighted by Gasteiger charge is 2.46. The van der Waals surface area contributed by atoms with E-state index in [1.807, 2.05) is 0 Å². The molecule has 0 aromatic carbocycles. The van der Waals surface area contributed by atoms with E-state index in [0.717, 1.165) is 40.9 Å². The number of rotatable bonds is 0. The van der Waals surface area contributed by atoms with Crippen LogP contribution in [0.4, 0.5) is 0 Å². The van der Waals surface area contributed by atoms with Gasteiger partial charge in [-0.1, -0.05) is 533 Å². The van der Waals surface area contributed by atoms with Gasteiger partial charge in [0.15, 0.2) is 0 Å². The van der Waals surface area contributed by atoms with Crippen LogP contribution in [0.25, 0.3) is 0 Å². The van der Waals surface area contributed by atoms with Crippen molar-refractivity contribution >= 4 is 0 Å². The minimum atomic E-state index is 0.858. The monoisotopic (exact) mass is 1850 g/mol. The van der Waals surface area contributed by atoms with Gasteiger partial charge in [-0.2, -0.15) is 0 Å². The van der Waals surface area contributed by atoms with Crippen LogP contribution in [-0.2, 0) is 0 Å². The number of hydrogen-bond acceptors (Lipinski definition) is 0. The molecule has 38 aliphatic carbocycles. The van der Waals surface area contributed by atoms with Gasteiger partial charge in [-0.25, -0.2) is 0 Å². The predicted octanol–water partition coefficient (Wildman–Crippen LogP) is 44.9. The molecular formula is C134H240. The summed E-state index contributed by atoms with van der Waals surface area (Å²) in [6.45, 7) is 0. The molecule has 1 spiro atoms. The lowest BCUT2D eigenvalue weighted by atomic mass is 9.56. The average Bonchev–Trinajstić information content (AvgIpc) is 1.05. The molecular weight excluding hydrogens is 1610 g/mol. The summed E-state index contributed by atoms with van der Waals surface area (Å²) in [5, 5.41) is 0. The molecule has 134 heavy (non-hydrogen) atoms. The molecule has 38 saturated carbocycles. The van der Waals surface area contributed by atoms with Crippen molar-refractivity contribution in [1.29, 1.82) is 0 Å². The smallest absolute Gasteiger partial charge is 0.0297 e. The van der Waals surface area contributed by atoms with E-state index < -0.39 is 0 Å². The highest BCUT2D eigenvalue weighted by molar-refractivity contribution is 4.97. The molecule has 38 fully saturated rings. The fourth-order valence-electron chi connectivity index (χ4n) is 34.7. The molecule has 38 aliphatic rings. The lowest BCUT2D eigenvalue weighted by molar-refractivity contribution is 0.0197. The first-order valence-corrected chi connectivity index (χ1v) is 66.4. The molecule has 0 heterocycles. The molecule has 0 aliphatic heterocycles. The topological polar surface area (TPSA) is 0 Å². The zero-order valence-corrected chi connectivity index (χ0v) is 91.2. The first-order valence-electron chi connectivity index (χ1n) is 66.4. The molecule has 0 heteroatoms. The Bertz CT molecular complexity index is 2470. The SMILES string of the molecule is C1C2CC1C2.C1C2CC3CC1CC(C2)C3.C1CC1.C1CC2CC(C1)C2.C1CC2CC12.C1CC2CC1C2.C1CC2CC2C1.C1CC2CCC1C2.C1CC2CCC1CC2.C1CC2CCCC2C1.C1CCC1.C1CCC2(CC1)CCCCC2.C1CCC2CCC2C1.C1CCC2CCCCC2C1.C1CCC2CCCCC2C1.C1CCCC1.C1CCCCC1.C1CCCCCC1.C1CCCCCCC1. The predicted molar refractivity (Wildman–Crippen MR) is 587 cm³/mol. The van der Waals surface area contributed by atoms with Gasteiger partial charge in [-0.05, 0) is 313 Å². The Kier molecular flexibility index (Phi) is 51.3. The second-order valence-corrected chi connectivity index (χ2v) is 56.1. The molecule has 6 atom stereocenters. The van der Waals surface area contributed by atoms with Gasteiger partial charge in [-0.3, -0.25) is 0 Å². The van der Waals surface area contributed by atoms with E-state index in [9.17, 15) is 0 Å². The van der Waals surface area contributed by atoms with E-state index in [1.54, 1.807) is 347 Å². The summed E-state index contributed by atoms with van der Waals surface area (Å²) in [4.78, 5) is 0. The van der Waals surface area contributed by atoms with Crippen LogP contribution in [0.2, 0.25) is 0 Å². The van der Waals surface area contributed by atoms with Crippen LogP contribution in [0.5, 0.6) is 0 Å². The standard InChI is InChI=1S/C11H20.C10H16.2C10H18.3C8H14.C8H16.2C7H12.C7H14.2C6H10.C6H12.2C5H8.C5H10.C4H8.C3H6/c1-3-7-11(8-4-1)9-5-2-6-10-11;1-7-2-9-4-8(1)5-10(3-7)6-9;2*1-2-6-10-8-4-3-7-9(10)5-1;1-3-7-5-2-6-8(7)4-1;1-2-8-5-3-7(1)4-6-8;1-2-4-8-6-5-7(8)3-1;1-2-4-6-8-7-5-3-1;1-2-7-4-3-6(1)5-7;1-2-6-4-7(3-1)5-6;1-2-4-6-7-5-3-1;1-2-6-3-5(1)4-6;1-2-5-4-6(5)3-1;1-2-4-6-5-3-1;1-4-2-5(1)3-4;1-2-5-3-4(1)5;1-2-4-5-3-1;1-2-4-3-1;1-2-3-1/h1-10H2;7-10H,1-6H2;2*9-10H,1-8H2;3*7-8H,1-6H2;1-8H2;2*6-7H,1-5H2;1-7H2;2*5-6H,1-4H2;1-6H2;2*4-5H,1-3H2;1-5H2;1-4H2;1-3H2. The summed E-state index contributed by atoms with van der Waals surface area (Å²) >= 11 is 0. The molecule has 0 aromatic rings. The second kappa shape index (κ2) is 63.5. The molecule has 0 nitrogen and oxygen atoms in total. The lowest BCUT2D eigenvalue weighted by Crippen LogP contribution is -2.38. The van der Waals surface area contributed by atoms with Crippen LogP contribution in [-0.4, -0.2) is 0 Å². The van der Waals surface area contributed by atoms with E-state index in [1.165, 1.54) is 459 Å². The largest absolute Gasteiger partial charge is 0.0533 e. The first-order chi connectivity index (χ1) is 66.4. The molecule has 0 amide bonds. The van der Waals surface area contributed by atoms with Crippen LogP contribution in [0.3, 0.4) is 0 Å². The lowest BCUT2D eigenvalue weighted by Gasteiger charge is -2.49. The third kappa shape index (κ3) is 41.4. The van der Waals surface area contributed by atoms with Crippen LogP contribution in [0.15, 0.2) is 0 Å². The first kappa shape index (κ1) is 108. The Morgan fingerprint density at radius 2 is 0.209 bits per heavy atom. The van der Waals surface area contributed by atoms with Crippen LogP contribution >= 0.6 is 0 Å². The van der Waals surface area contributed by atoms with E-state index in [4.69, 9.17) is 0 Å². The normalized spacial score (nSPS) is 40.8. The molecule has 0 aromatic heterocycles. The van der Waals surface area contributed by atoms with Crippen molar-refractivity contribution in [2.75, 3.05) is 0 Å². The van der Waals surface area contributed by atoms with E-state index in [2.05, 4.69) is 0 Å². The Hall–Kier alpha value is 0. The number of fused-ring (bicyclic) bond motifs is 14. The van der Waals surface area contributed by atoms with Gasteiger partial charge in [0.2, 0.25) is 0 Å². The van der Waals surface area contributed by atoms with Gasteiger partial charge < -0.3 is 0 Å². The quantitative estimate of drug-likeness (QED) is 0.212. The summed E-state index contributed by atoms with van der Waals surface area (Å²) in [6.07, 6.45) is 165. The summed E-state index contributed by atoms with van der Waals surface area (Å²) in [7, 11) is 0. The van der Waals surface area contributed by atoms with Crippen molar-refractivity contribution in [3.8, 4) is 0 Å². The maximum absolute atomic E-state index is 1.60. The van der Waals surface area contributed by atoms with Gasteiger partial charge in [0.1, 0.15) is 0 Å². The van der Waals surface area contributed by atoms with Crippen molar-refractivity contribution in [1.82, 2.24) is 0 Å². The third-order valence-corrected chi connectivity index (χ3v) is 45.2. The minimum absolute atomic E-state index is 0.858. The van der Waals surface area contributed by atoms with Gasteiger partial charge in [-0.15, -0.1) is 0 Å². The van der Waals surface area contributed by atoms with Crippen molar-refractivity contribution < 1.29 is 0 Å². The Morgan fingerprint density at radius 1 is 0.0746 bits per heavy atom. The fourth-order valence-corrected chi connectivity index (χ4v) is 34.7. The fraction of sp³-hybridized carbons (Fsp3) is 1.00. The highest BCUT2D eigenvalue weighted by atomic mass is 14.5. The van der Waals surface area contributed by atoms with E-state index in [-0.39, 0.29) is 0 Å². The van der Waals surface area contributed by atoms with Gasteiger partial charge >= 0.3 is 0 Å². The van der Waals surface area contributed by atoms with Gasteiger partial charge in [0.05, 0.1) is 0 Å². The van der Waals surface area contributed by atoms with Gasteiger partial charge in [0, 0.05) is 0 Å². The third-order valence-electron chi connectivity index (χ3n) is 45.2. The summed E-state index contributed by atoms with van der Waals surface area (Å²) in [5.74, 6) is 30.7. The molecule has 0 saturated heterocycles. The number of hydrogen-bond donors (Lipinski definition) is 0. The van der Waals surface area contributed by atoms with E-state index >= 15 is 0 Å². The molecule has 14 bridgehead atoms. The molecule has 0 radical (unpaired) electrons. The van der Waals surface area contributed by atoms with Crippen molar-refractivity contribution in [2.45, 2.75) is 687 Å². The Labute approximate surface area is 840 Å². The maximum atomic E-state index is 1.60.